The van der Waals surface area contributed by atoms with E-state index >= 15 is 0 Å². The number of piperidine rings is 1. The minimum Gasteiger partial charge on any atom is -0.468 e. The van der Waals surface area contributed by atoms with Crippen LogP contribution in [0.15, 0.2) is 22.8 Å². The van der Waals surface area contributed by atoms with Crippen molar-refractivity contribution < 1.29 is 18.7 Å². The summed E-state index contributed by atoms with van der Waals surface area (Å²) in [6, 6.07) is 3.79. The molecule has 1 aliphatic carbocycles. The Balaban J connectivity index is 1.28. The predicted octanol–water partition coefficient (Wildman–Crippen LogP) is 0.900. The molecule has 0 radical (unpaired) electrons. The van der Waals surface area contributed by atoms with Crippen molar-refractivity contribution in [2.45, 2.75) is 50.9 Å². The number of fused-ring (bicyclic) bond motifs is 1. The minimum atomic E-state index is -0.0945. The maximum absolute atomic E-state index is 12.7. The largest absolute Gasteiger partial charge is 0.468 e. The molecular weight excluding hydrogens is 334 g/mol. The fraction of sp³-hybridized carbons (Fsp3) is 0.684. The van der Waals surface area contributed by atoms with Crippen molar-refractivity contribution in [3.05, 3.63) is 24.2 Å². The molecule has 26 heavy (non-hydrogen) atoms. The van der Waals surface area contributed by atoms with Crippen LogP contribution in [0, 0.1) is 11.8 Å². The molecule has 1 aromatic heterocycles. The molecule has 0 unspecified atom stereocenters. The van der Waals surface area contributed by atoms with Crippen molar-refractivity contribution in [2.75, 3.05) is 19.7 Å². The van der Waals surface area contributed by atoms with Crippen LogP contribution in [-0.2, 0) is 20.9 Å². The van der Waals surface area contributed by atoms with E-state index in [1.165, 1.54) is 6.92 Å². The average molecular weight is 361 g/mol. The van der Waals surface area contributed by atoms with Gasteiger partial charge in [0.05, 0.1) is 31.0 Å². The van der Waals surface area contributed by atoms with Crippen molar-refractivity contribution in [3.63, 3.8) is 0 Å². The summed E-state index contributed by atoms with van der Waals surface area (Å²) in [7, 11) is 0. The van der Waals surface area contributed by atoms with Gasteiger partial charge in [-0.25, -0.2) is 0 Å². The number of carbonyl (C=O) groups excluding carboxylic acids is 2. The van der Waals surface area contributed by atoms with E-state index in [-0.39, 0.29) is 35.9 Å². The number of hydrogen-bond donors (Lipinski definition) is 2. The van der Waals surface area contributed by atoms with Crippen molar-refractivity contribution >= 4 is 11.8 Å². The van der Waals surface area contributed by atoms with Gasteiger partial charge in [-0.15, -0.1) is 0 Å². The topological polar surface area (TPSA) is 83.8 Å². The molecule has 2 saturated heterocycles. The zero-order chi connectivity index (χ0) is 18.1. The molecule has 2 aliphatic heterocycles. The van der Waals surface area contributed by atoms with Crippen LogP contribution in [0.3, 0.4) is 0 Å². The van der Waals surface area contributed by atoms with E-state index in [4.69, 9.17) is 9.15 Å². The maximum atomic E-state index is 12.7. The van der Waals surface area contributed by atoms with Gasteiger partial charge < -0.3 is 19.8 Å². The highest BCUT2D eigenvalue weighted by Crippen LogP contribution is 2.39. The van der Waals surface area contributed by atoms with Crippen LogP contribution in [0.2, 0.25) is 0 Å². The summed E-state index contributed by atoms with van der Waals surface area (Å²) >= 11 is 0. The summed E-state index contributed by atoms with van der Waals surface area (Å²) in [6.45, 7) is 4.82. The second-order valence-electron chi connectivity index (χ2n) is 7.68. The summed E-state index contributed by atoms with van der Waals surface area (Å²) in [5.41, 5.74) is 0. The molecule has 142 valence electrons. The first-order valence-corrected chi connectivity index (χ1v) is 9.55. The zero-order valence-corrected chi connectivity index (χ0v) is 15.1. The molecule has 0 spiro atoms. The highest BCUT2D eigenvalue weighted by molar-refractivity contribution is 5.80. The monoisotopic (exact) mass is 361 g/mol. The van der Waals surface area contributed by atoms with Crippen molar-refractivity contribution in [2.24, 2.45) is 11.8 Å². The highest BCUT2D eigenvalue weighted by atomic mass is 16.5. The zero-order valence-electron chi connectivity index (χ0n) is 15.1. The molecule has 7 nitrogen and oxygen atoms in total. The first kappa shape index (κ1) is 17.5. The molecule has 4 atom stereocenters. The molecule has 1 aromatic rings. The lowest BCUT2D eigenvalue weighted by Crippen LogP contribution is -2.71. The number of hydrogen-bond acceptors (Lipinski definition) is 5. The predicted molar refractivity (Wildman–Crippen MR) is 94.1 cm³/mol. The van der Waals surface area contributed by atoms with E-state index in [2.05, 4.69) is 15.5 Å². The van der Waals surface area contributed by atoms with Crippen LogP contribution in [-0.4, -0.2) is 54.6 Å². The van der Waals surface area contributed by atoms with E-state index < -0.39 is 0 Å². The number of amides is 2. The first-order chi connectivity index (χ1) is 12.6. The van der Waals surface area contributed by atoms with Crippen molar-refractivity contribution in [3.8, 4) is 0 Å². The summed E-state index contributed by atoms with van der Waals surface area (Å²) in [5.74, 6) is 1.38. The Hall–Kier alpha value is -1.86. The first-order valence-electron chi connectivity index (χ1n) is 9.55. The van der Waals surface area contributed by atoms with Gasteiger partial charge in [0.25, 0.3) is 0 Å². The second-order valence-corrected chi connectivity index (χ2v) is 7.68. The molecule has 3 heterocycles. The number of nitrogens with one attached hydrogen (secondary N) is 2. The minimum absolute atomic E-state index is 0.0000448. The van der Waals surface area contributed by atoms with Crippen LogP contribution >= 0.6 is 0 Å². The molecule has 0 bridgehead atoms. The summed E-state index contributed by atoms with van der Waals surface area (Å²) in [6.07, 6.45) is 4.41. The fourth-order valence-corrected chi connectivity index (χ4v) is 4.57. The second kappa shape index (κ2) is 7.40. The van der Waals surface area contributed by atoms with E-state index in [9.17, 15) is 9.59 Å². The number of rotatable bonds is 5. The Labute approximate surface area is 153 Å². The van der Waals surface area contributed by atoms with E-state index in [1.54, 1.807) is 6.26 Å². The molecule has 1 saturated carbocycles. The Morgan fingerprint density at radius 1 is 1.19 bits per heavy atom. The molecular formula is C19H27N3O4. The molecule has 4 rings (SSSR count). The van der Waals surface area contributed by atoms with E-state index in [0.717, 1.165) is 44.7 Å². The van der Waals surface area contributed by atoms with Crippen LogP contribution in [0.5, 0.6) is 0 Å². The Morgan fingerprint density at radius 3 is 2.69 bits per heavy atom. The third-order valence-electron chi connectivity index (χ3n) is 5.98. The third kappa shape index (κ3) is 3.50. The van der Waals surface area contributed by atoms with Gasteiger partial charge in [-0.3, -0.25) is 14.5 Å². The van der Waals surface area contributed by atoms with Crippen LogP contribution in [0.1, 0.15) is 31.9 Å². The molecule has 3 aliphatic rings. The highest BCUT2D eigenvalue weighted by Gasteiger charge is 2.55. The average Bonchev–Trinajstić information content (AvgIpc) is 3.28. The standard InChI is InChI=1S/C19H27N3O4/c1-12(23)20-17-16(15-6-10-26-18(15)17)21-19(24)13-4-7-22(8-5-13)11-14-3-2-9-25-14/h2-3,9,13,15-18H,4-8,10-11H2,1H3,(H,20,23)(H,21,24)/t15-,16+,17-,18-/m1/s1. The van der Waals surface area contributed by atoms with Crippen LogP contribution in [0.4, 0.5) is 0 Å². The quantitative estimate of drug-likeness (QED) is 0.814. The lowest BCUT2D eigenvalue weighted by atomic mass is 9.71. The number of nitrogens with zero attached hydrogens (tertiary/aromatic N) is 1. The van der Waals surface area contributed by atoms with E-state index in [1.807, 2.05) is 12.1 Å². The van der Waals surface area contributed by atoms with Gasteiger partial charge in [0, 0.05) is 25.4 Å². The van der Waals surface area contributed by atoms with Gasteiger partial charge in [-0.1, -0.05) is 0 Å². The molecule has 2 amide bonds. The molecule has 3 fully saturated rings. The van der Waals surface area contributed by atoms with Crippen LogP contribution in [0.25, 0.3) is 0 Å². The summed E-state index contributed by atoms with van der Waals surface area (Å²) in [5, 5.41) is 6.15. The van der Waals surface area contributed by atoms with Gasteiger partial charge in [-0.2, -0.15) is 0 Å². The molecule has 7 heteroatoms. The number of furan rings is 1. The smallest absolute Gasteiger partial charge is 0.223 e. The Kier molecular flexibility index (Phi) is 5.00. The Bertz CT molecular complexity index is 639. The van der Waals surface area contributed by atoms with Gasteiger partial charge >= 0.3 is 0 Å². The van der Waals surface area contributed by atoms with Gasteiger partial charge in [0.1, 0.15) is 5.76 Å². The molecule has 2 N–H and O–H groups in total. The Morgan fingerprint density at radius 2 is 2.00 bits per heavy atom. The van der Waals surface area contributed by atoms with Gasteiger partial charge in [0.15, 0.2) is 0 Å². The maximum Gasteiger partial charge on any atom is 0.223 e. The summed E-state index contributed by atoms with van der Waals surface area (Å²) < 4.78 is 11.1. The number of likely N-dealkylation sites (tertiary alicyclic amines) is 1. The fourth-order valence-electron chi connectivity index (χ4n) is 4.57. The number of carbonyl (C=O) groups is 2. The van der Waals surface area contributed by atoms with Crippen molar-refractivity contribution in [1.29, 1.82) is 0 Å². The third-order valence-corrected chi connectivity index (χ3v) is 5.98. The lowest BCUT2D eigenvalue weighted by molar-refractivity contribution is -0.133. The summed E-state index contributed by atoms with van der Waals surface area (Å²) in [4.78, 5) is 26.5. The molecule has 0 aromatic carbocycles. The van der Waals surface area contributed by atoms with Crippen LogP contribution < -0.4 is 10.6 Å². The lowest BCUT2D eigenvalue weighted by Gasteiger charge is -2.48. The van der Waals surface area contributed by atoms with Crippen molar-refractivity contribution in [1.82, 2.24) is 15.5 Å². The van der Waals surface area contributed by atoms with E-state index in [0.29, 0.717) is 12.5 Å². The van der Waals surface area contributed by atoms with Gasteiger partial charge in [0.2, 0.25) is 11.8 Å². The number of ether oxygens (including phenoxy) is 1. The van der Waals surface area contributed by atoms with Gasteiger partial charge in [-0.05, 0) is 44.5 Å². The SMILES string of the molecule is CC(=O)N[C@@H]1[C@@H](NC(=O)C2CCN(Cc3ccco3)CC2)[C@H]2CCO[C@H]21. The normalized spacial score (nSPS) is 31.9.